The van der Waals surface area contributed by atoms with E-state index in [2.05, 4.69) is 5.32 Å². The third kappa shape index (κ3) is 1.66. The van der Waals surface area contributed by atoms with Crippen LogP contribution in [0.5, 0.6) is 0 Å². The summed E-state index contributed by atoms with van der Waals surface area (Å²) in [6.45, 7) is 0.651. The summed E-state index contributed by atoms with van der Waals surface area (Å²) in [5.74, 6) is 0. The summed E-state index contributed by atoms with van der Waals surface area (Å²) in [6.07, 6.45) is 0.849. The smallest absolute Gasteiger partial charge is 0.229 e. The number of hydrogen-bond donors (Lipinski definition) is 2. The van der Waals surface area contributed by atoms with Crippen molar-refractivity contribution >= 4 is 10.0 Å². The van der Waals surface area contributed by atoms with Crippen molar-refractivity contribution in [2.45, 2.75) is 11.8 Å². The third-order valence-electron chi connectivity index (χ3n) is 2.39. The number of primary sulfonamides is 1. The first-order valence-corrected chi connectivity index (χ1v) is 6.03. The molecule has 1 unspecified atom stereocenters. The maximum Gasteiger partial charge on any atom is 0.229 e. The molecule has 0 spiro atoms. The first-order chi connectivity index (χ1) is 6.59. The lowest BCUT2D eigenvalue weighted by Gasteiger charge is -2.24. The second-order valence-electron chi connectivity index (χ2n) is 3.37. The van der Waals surface area contributed by atoms with Gasteiger partial charge < -0.3 is 0 Å². The molecule has 0 amide bonds. The van der Waals surface area contributed by atoms with Gasteiger partial charge in [-0.1, -0.05) is 24.3 Å². The van der Waals surface area contributed by atoms with Crippen LogP contribution in [0.1, 0.15) is 16.5 Å². The van der Waals surface area contributed by atoms with Crippen LogP contribution in [0.25, 0.3) is 0 Å². The molecular formula is C9H12N2O2S. The Bertz CT molecular complexity index is 442. The van der Waals surface area contributed by atoms with E-state index in [-0.39, 0.29) is 0 Å². The van der Waals surface area contributed by atoms with Crippen LogP contribution in [-0.4, -0.2) is 15.0 Å². The molecular weight excluding hydrogens is 200 g/mol. The molecule has 0 bridgehead atoms. The summed E-state index contributed by atoms with van der Waals surface area (Å²) in [5.41, 5.74) is 1.84. The SMILES string of the molecule is NS(=O)(=O)C1NCCc2ccccc21. The van der Waals surface area contributed by atoms with Gasteiger partial charge in [-0.25, -0.2) is 13.6 Å². The van der Waals surface area contributed by atoms with Crippen LogP contribution < -0.4 is 10.5 Å². The van der Waals surface area contributed by atoms with Crippen molar-refractivity contribution in [1.82, 2.24) is 5.32 Å². The van der Waals surface area contributed by atoms with Crippen LogP contribution in [0.3, 0.4) is 0 Å². The molecule has 1 aliphatic rings. The van der Waals surface area contributed by atoms with Crippen molar-refractivity contribution in [2.24, 2.45) is 5.14 Å². The van der Waals surface area contributed by atoms with Crippen molar-refractivity contribution in [2.75, 3.05) is 6.54 Å². The second kappa shape index (κ2) is 3.34. The summed E-state index contributed by atoms with van der Waals surface area (Å²) < 4.78 is 22.5. The van der Waals surface area contributed by atoms with Gasteiger partial charge in [0.15, 0.2) is 5.37 Å². The molecule has 0 radical (unpaired) electrons. The van der Waals surface area contributed by atoms with Gasteiger partial charge in [0.05, 0.1) is 0 Å². The molecule has 1 aromatic rings. The van der Waals surface area contributed by atoms with Crippen molar-refractivity contribution in [3.8, 4) is 0 Å². The Kier molecular flexibility index (Phi) is 2.30. The average Bonchev–Trinajstić information content (AvgIpc) is 2.15. The minimum atomic E-state index is -3.55. The normalized spacial score (nSPS) is 21.6. The van der Waals surface area contributed by atoms with E-state index in [9.17, 15) is 8.42 Å². The fourth-order valence-corrected chi connectivity index (χ4v) is 2.69. The zero-order valence-corrected chi connectivity index (χ0v) is 8.42. The molecule has 14 heavy (non-hydrogen) atoms. The predicted octanol–water partition coefficient (Wildman–Crippen LogP) is 0.119. The van der Waals surface area contributed by atoms with Crippen LogP contribution >= 0.6 is 0 Å². The molecule has 2 rings (SSSR count). The van der Waals surface area contributed by atoms with E-state index in [0.717, 1.165) is 17.5 Å². The molecule has 76 valence electrons. The number of fused-ring (bicyclic) bond motifs is 1. The number of hydrogen-bond acceptors (Lipinski definition) is 3. The standard InChI is InChI=1S/C9H12N2O2S/c10-14(12,13)9-8-4-2-1-3-7(8)5-6-11-9/h1-4,9,11H,5-6H2,(H2,10,12,13). The van der Waals surface area contributed by atoms with E-state index < -0.39 is 15.4 Å². The van der Waals surface area contributed by atoms with E-state index in [0.29, 0.717) is 6.54 Å². The lowest BCUT2D eigenvalue weighted by atomic mass is 10.0. The lowest BCUT2D eigenvalue weighted by molar-refractivity contribution is 0.543. The van der Waals surface area contributed by atoms with E-state index >= 15 is 0 Å². The highest BCUT2D eigenvalue weighted by molar-refractivity contribution is 7.89. The van der Waals surface area contributed by atoms with E-state index in [1.165, 1.54) is 0 Å². The molecule has 1 aromatic carbocycles. The molecule has 0 aliphatic carbocycles. The van der Waals surface area contributed by atoms with Crippen molar-refractivity contribution < 1.29 is 8.42 Å². The van der Waals surface area contributed by atoms with Crippen LogP contribution in [-0.2, 0) is 16.4 Å². The van der Waals surface area contributed by atoms with E-state index in [1.807, 2.05) is 18.2 Å². The average molecular weight is 212 g/mol. The van der Waals surface area contributed by atoms with E-state index in [4.69, 9.17) is 5.14 Å². The molecule has 0 aromatic heterocycles. The van der Waals surface area contributed by atoms with Gasteiger partial charge >= 0.3 is 0 Å². The topological polar surface area (TPSA) is 72.2 Å². The number of sulfonamides is 1. The van der Waals surface area contributed by atoms with Gasteiger partial charge in [0, 0.05) is 6.54 Å². The number of rotatable bonds is 1. The van der Waals surface area contributed by atoms with Gasteiger partial charge in [-0.3, -0.25) is 5.32 Å². The number of nitrogens with one attached hydrogen (secondary N) is 1. The minimum absolute atomic E-state index is 0.651. The molecule has 0 fully saturated rings. The highest BCUT2D eigenvalue weighted by atomic mass is 32.2. The van der Waals surface area contributed by atoms with Crippen molar-refractivity contribution in [3.63, 3.8) is 0 Å². The van der Waals surface area contributed by atoms with E-state index in [1.54, 1.807) is 6.07 Å². The van der Waals surface area contributed by atoms with Crippen LogP contribution in [0.2, 0.25) is 0 Å². The first-order valence-electron chi connectivity index (χ1n) is 4.42. The number of nitrogens with two attached hydrogens (primary N) is 1. The highest BCUT2D eigenvalue weighted by Crippen LogP contribution is 2.24. The Labute approximate surface area is 83.2 Å². The predicted molar refractivity (Wildman–Crippen MR) is 54.0 cm³/mol. The zero-order chi connectivity index (χ0) is 10.2. The Morgan fingerprint density at radius 3 is 2.79 bits per heavy atom. The lowest BCUT2D eigenvalue weighted by Crippen LogP contribution is -2.38. The Hall–Kier alpha value is -0.910. The van der Waals surface area contributed by atoms with Gasteiger partial charge in [-0.05, 0) is 17.5 Å². The summed E-state index contributed by atoms with van der Waals surface area (Å²) in [7, 11) is -3.55. The van der Waals surface area contributed by atoms with Gasteiger partial charge in [-0.2, -0.15) is 0 Å². The first kappa shape index (κ1) is 9.64. The summed E-state index contributed by atoms with van der Waals surface area (Å²) in [5, 5.41) is 7.29. The summed E-state index contributed by atoms with van der Waals surface area (Å²) in [6, 6.07) is 7.47. The fraction of sp³-hybridized carbons (Fsp3) is 0.333. The largest absolute Gasteiger partial charge is 0.296 e. The molecule has 1 atom stereocenters. The quantitative estimate of drug-likeness (QED) is 0.694. The second-order valence-corrected chi connectivity index (χ2v) is 5.02. The van der Waals surface area contributed by atoms with Crippen LogP contribution in [0, 0.1) is 0 Å². The van der Waals surface area contributed by atoms with Crippen LogP contribution in [0.4, 0.5) is 0 Å². The van der Waals surface area contributed by atoms with Crippen molar-refractivity contribution in [3.05, 3.63) is 35.4 Å². The Balaban J connectivity index is 2.51. The summed E-state index contributed by atoms with van der Waals surface area (Å²) in [4.78, 5) is 0. The number of benzene rings is 1. The monoisotopic (exact) mass is 212 g/mol. The highest BCUT2D eigenvalue weighted by Gasteiger charge is 2.27. The maximum atomic E-state index is 11.3. The van der Waals surface area contributed by atoms with Crippen LogP contribution in [0.15, 0.2) is 24.3 Å². The molecule has 5 heteroatoms. The molecule has 0 saturated carbocycles. The van der Waals surface area contributed by atoms with Crippen molar-refractivity contribution in [1.29, 1.82) is 0 Å². The van der Waals surface area contributed by atoms with Gasteiger partial charge in [0.1, 0.15) is 0 Å². The molecule has 0 saturated heterocycles. The zero-order valence-electron chi connectivity index (χ0n) is 7.60. The summed E-state index contributed by atoms with van der Waals surface area (Å²) >= 11 is 0. The minimum Gasteiger partial charge on any atom is -0.296 e. The Morgan fingerprint density at radius 2 is 2.07 bits per heavy atom. The fourth-order valence-electron chi connectivity index (χ4n) is 1.76. The molecule has 4 nitrogen and oxygen atoms in total. The molecule has 1 heterocycles. The van der Waals surface area contributed by atoms with Gasteiger partial charge in [0.2, 0.25) is 10.0 Å². The molecule has 1 aliphatic heterocycles. The third-order valence-corrected chi connectivity index (χ3v) is 3.47. The maximum absolute atomic E-state index is 11.3. The van der Waals surface area contributed by atoms with Gasteiger partial charge in [-0.15, -0.1) is 0 Å². The van der Waals surface area contributed by atoms with Gasteiger partial charge in [0.25, 0.3) is 0 Å². The molecule has 3 N–H and O–H groups in total. The Morgan fingerprint density at radius 1 is 1.36 bits per heavy atom.